The summed E-state index contributed by atoms with van der Waals surface area (Å²) in [6.07, 6.45) is 7.95. The molecule has 0 saturated carbocycles. The van der Waals surface area contributed by atoms with Gasteiger partial charge in [0.05, 0.1) is 6.20 Å². The number of aryl methyl sites for hydroxylation is 1. The van der Waals surface area contributed by atoms with Gasteiger partial charge >= 0.3 is 0 Å². The van der Waals surface area contributed by atoms with Crippen molar-refractivity contribution in [1.82, 2.24) is 14.7 Å². The molecule has 0 N–H and O–H groups in total. The molecule has 0 amide bonds. The Bertz CT molecular complexity index is 311. The van der Waals surface area contributed by atoms with Crippen molar-refractivity contribution >= 4 is 15.9 Å². The Morgan fingerprint density at radius 2 is 2.33 bits per heavy atom. The molecule has 0 bridgehead atoms. The van der Waals surface area contributed by atoms with E-state index in [1.54, 1.807) is 0 Å². The van der Waals surface area contributed by atoms with Gasteiger partial charge < -0.3 is 0 Å². The first-order valence-electron chi connectivity index (χ1n) is 5.58. The van der Waals surface area contributed by atoms with E-state index in [0.717, 1.165) is 11.4 Å². The van der Waals surface area contributed by atoms with Crippen molar-refractivity contribution in [3.63, 3.8) is 0 Å². The van der Waals surface area contributed by atoms with Crippen molar-refractivity contribution in [2.75, 3.05) is 13.1 Å². The van der Waals surface area contributed by atoms with Gasteiger partial charge in [-0.25, -0.2) is 0 Å². The molecular formula is C11H18BrN3. The van der Waals surface area contributed by atoms with Gasteiger partial charge in [-0.2, -0.15) is 5.10 Å². The molecular weight excluding hydrogens is 254 g/mol. The molecule has 1 saturated heterocycles. The zero-order valence-corrected chi connectivity index (χ0v) is 10.8. The Morgan fingerprint density at radius 3 is 3.07 bits per heavy atom. The highest BCUT2D eigenvalue weighted by Crippen LogP contribution is 2.18. The molecule has 1 aromatic rings. The number of rotatable bonds is 2. The van der Waals surface area contributed by atoms with Crippen LogP contribution in [0.4, 0.5) is 0 Å². The van der Waals surface area contributed by atoms with Gasteiger partial charge in [-0.3, -0.25) is 9.58 Å². The third-order valence-corrected chi connectivity index (χ3v) is 3.83. The van der Waals surface area contributed by atoms with Gasteiger partial charge in [0.15, 0.2) is 0 Å². The summed E-state index contributed by atoms with van der Waals surface area (Å²) >= 11 is 3.71. The molecule has 2 heterocycles. The molecule has 1 aliphatic heterocycles. The van der Waals surface area contributed by atoms with Crippen molar-refractivity contribution in [3.8, 4) is 0 Å². The van der Waals surface area contributed by atoms with Crippen LogP contribution in [0.25, 0.3) is 0 Å². The zero-order valence-electron chi connectivity index (χ0n) is 9.19. The lowest BCUT2D eigenvalue weighted by Gasteiger charge is -2.18. The van der Waals surface area contributed by atoms with E-state index in [2.05, 4.69) is 32.1 Å². The predicted octanol–water partition coefficient (Wildman–Crippen LogP) is 2.17. The maximum atomic E-state index is 4.20. The summed E-state index contributed by atoms with van der Waals surface area (Å²) in [7, 11) is 1.97. The van der Waals surface area contributed by atoms with Crippen LogP contribution in [-0.4, -0.2) is 32.6 Å². The largest absolute Gasteiger partial charge is 0.299 e. The number of alkyl halides is 1. The summed E-state index contributed by atoms with van der Waals surface area (Å²) in [4.78, 5) is 3.24. The normalized spacial score (nSPS) is 24.0. The Morgan fingerprint density at radius 1 is 1.47 bits per heavy atom. The van der Waals surface area contributed by atoms with Crippen molar-refractivity contribution in [3.05, 3.63) is 18.0 Å². The van der Waals surface area contributed by atoms with Crippen LogP contribution in [0.3, 0.4) is 0 Å². The van der Waals surface area contributed by atoms with Crippen LogP contribution in [0.5, 0.6) is 0 Å². The van der Waals surface area contributed by atoms with Gasteiger partial charge in [-0.15, -0.1) is 0 Å². The Kier molecular flexibility index (Phi) is 3.81. The monoisotopic (exact) mass is 271 g/mol. The summed E-state index contributed by atoms with van der Waals surface area (Å²) in [5, 5.41) is 4.20. The van der Waals surface area contributed by atoms with Gasteiger partial charge in [0.2, 0.25) is 0 Å². The first-order chi connectivity index (χ1) is 7.24. The number of aromatic nitrogens is 2. The summed E-state index contributed by atoms with van der Waals surface area (Å²) in [6, 6.07) is 0. The Balaban J connectivity index is 1.88. The highest BCUT2D eigenvalue weighted by Gasteiger charge is 2.14. The minimum absolute atomic E-state index is 0.719. The molecule has 0 radical (unpaired) electrons. The molecule has 2 rings (SSSR count). The Hall–Kier alpha value is -0.350. The molecule has 1 unspecified atom stereocenters. The van der Waals surface area contributed by atoms with E-state index < -0.39 is 0 Å². The van der Waals surface area contributed by atoms with Gasteiger partial charge in [-0.05, 0) is 32.4 Å². The van der Waals surface area contributed by atoms with E-state index in [4.69, 9.17) is 0 Å². The van der Waals surface area contributed by atoms with E-state index in [1.165, 1.54) is 37.9 Å². The number of hydrogen-bond donors (Lipinski definition) is 0. The molecule has 1 atom stereocenters. The second-order valence-electron chi connectivity index (χ2n) is 4.33. The lowest BCUT2D eigenvalue weighted by atomic mass is 10.2. The van der Waals surface area contributed by atoms with Crippen molar-refractivity contribution < 1.29 is 0 Å². The minimum Gasteiger partial charge on any atom is -0.299 e. The molecule has 0 spiro atoms. The van der Waals surface area contributed by atoms with Crippen LogP contribution >= 0.6 is 15.9 Å². The fraction of sp³-hybridized carbons (Fsp3) is 0.727. The van der Waals surface area contributed by atoms with E-state index in [0.29, 0.717) is 0 Å². The summed E-state index contributed by atoms with van der Waals surface area (Å²) < 4.78 is 1.88. The van der Waals surface area contributed by atoms with Gasteiger partial charge in [0.1, 0.15) is 0 Å². The highest BCUT2D eigenvalue weighted by molar-refractivity contribution is 9.09. The SMILES string of the molecule is Cn1cc(CN2CCCC(Br)CC2)cn1. The molecule has 4 heteroatoms. The zero-order chi connectivity index (χ0) is 10.7. The highest BCUT2D eigenvalue weighted by atomic mass is 79.9. The van der Waals surface area contributed by atoms with E-state index in [9.17, 15) is 0 Å². The molecule has 1 aromatic heterocycles. The summed E-state index contributed by atoms with van der Waals surface area (Å²) in [5.41, 5.74) is 1.32. The fourth-order valence-corrected chi connectivity index (χ4v) is 2.61. The average molecular weight is 272 g/mol. The van der Waals surface area contributed by atoms with Crippen LogP contribution in [0, 0.1) is 0 Å². The number of hydrogen-bond acceptors (Lipinski definition) is 2. The lowest BCUT2D eigenvalue weighted by molar-refractivity contribution is 0.277. The molecule has 0 aliphatic carbocycles. The Labute approximate surface area is 99.6 Å². The number of halogens is 1. The fourth-order valence-electron chi connectivity index (χ4n) is 2.09. The van der Waals surface area contributed by atoms with Crippen LogP contribution < -0.4 is 0 Å². The summed E-state index contributed by atoms with van der Waals surface area (Å²) in [6.45, 7) is 3.47. The van der Waals surface area contributed by atoms with Crippen molar-refractivity contribution in [2.24, 2.45) is 7.05 Å². The molecule has 0 aromatic carbocycles. The first kappa shape index (κ1) is 11.1. The quantitative estimate of drug-likeness (QED) is 0.769. The second-order valence-corrected chi connectivity index (χ2v) is 5.62. The molecule has 15 heavy (non-hydrogen) atoms. The van der Waals surface area contributed by atoms with Gasteiger partial charge in [-0.1, -0.05) is 15.9 Å². The standard InChI is InChI=1S/C11H18BrN3/c1-14-8-10(7-13-14)9-15-5-2-3-11(12)4-6-15/h7-8,11H,2-6,9H2,1H3. The van der Waals surface area contributed by atoms with Crippen LogP contribution in [0.2, 0.25) is 0 Å². The average Bonchev–Trinajstić information content (AvgIpc) is 2.48. The van der Waals surface area contributed by atoms with E-state index in [-0.39, 0.29) is 0 Å². The lowest BCUT2D eigenvalue weighted by Crippen LogP contribution is -2.24. The number of likely N-dealkylation sites (tertiary alicyclic amines) is 1. The third kappa shape index (κ3) is 3.31. The molecule has 84 valence electrons. The smallest absolute Gasteiger partial charge is 0.0534 e. The minimum atomic E-state index is 0.719. The van der Waals surface area contributed by atoms with E-state index >= 15 is 0 Å². The second kappa shape index (κ2) is 5.12. The predicted molar refractivity (Wildman–Crippen MR) is 65.1 cm³/mol. The van der Waals surface area contributed by atoms with Crippen LogP contribution in [0.15, 0.2) is 12.4 Å². The maximum absolute atomic E-state index is 4.20. The van der Waals surface area contributed by atoms with Gasteiger partial charge in [0.25, 0.3) is 0 Å². The van der Waals surface area contributed by atoms with Crippen molar-refractivity contribution in [1.29, 1.82) is 0 Å². The van der Waals surface area contributed by atoms with Crippen molar-refractivity contribution in [2.45, 2.75) is 30.6 Å². The molecule has 3 nitrogen and oxygen atoms in total. The molecule has 1 fully saturated rings. The molecule has 1 aliphatic rings. The summed E-state index contributed by atoms with van der Waals surface area (Å²) in [5.74, 6) is 0. The van der Waals surface area contributed by atoms with Crippen LogP contribution in [0.1, 0.15) is 24.8 Å². The third-order valence-electron chi connectivity index (χ3n) is 2.91. The number of nitrogens with zero attached hydrogens (tertiary/aromatic N) is 3. The maximum Gasteiger partial charge on any atom is 0.0534 e. The topological polar surface area (TPSA) is 21.1 Å². The van der Waals surface area contributed by atoms with Gasteiger partial charge in [0, 0.05) is 30.2 Å². The van der Waals surface area contributed by atoms with Crippen LogP contribution in [-0.2, 0) is 13.6 Å². The first-order valence-corrected chi connectivity index (χ1v) is 6.49. The van der Waals surface area contributed by atoms with E-state index in [1.807, 2.05) is 17.9 Å².